The third-order valence-electron chi connectivity index (χ3n) is 2.57. The van der Waals surface area contributed by atoms with Crippen LogP contribution in [0.15, 0.2) is 5.41 Å². The molecule has 0 radical (unpaired) electrons. The number of hydrogen-bond acceptors (Lipinski definition) is 6. The van der Waals surface area contributed by atoms with Gasteiger partial charge in [0.25, 0.3) is 0 Å². The summed E-state index contributed by atoms with van der Waals surface area (Å²) in [6.45, 7) is 4.13. The van der Waals surface area contributed by atoms with E-state index in [-0.39, 0.29) is 5.91 Å². The van der Waals surface area contributed by atoms with E-state index in [0.29, 0.717) is 11.6 Å². The van der Waals surface area contributed by atoms with Crippen LogP contribution in [0.1, 0.15) is 23.9 Å². The van der Waals surface area contributed by atoms with Gasteiger partial charge in [-0.05, 0) is 12.3 Å². The van der Waals surface area contributed by atoms with Crippen molar-refractivity contribution in [2.75, 3.05) is 17.7 Å². The van der Waals surface area contributed by atoms with Gasteiger partial charge >= 0.3 is 0 Å². The molecule has 0 atom stereocenters. The Balaban J connectivity index is 2.19. The second-order valence-corrected chi connectivity index (χ2v) is 5.91. The van der Waals surface area contributed by atoms with E-state index in [1.807, 2.05) is 6.92 Å². The molecular formula is C12H14N4OS2. The van der Waals surface area contributed by atoms with Crippen LogP contribution in [0.2, 0.25) is 0 Å². The molecule has 2 rings (SSSR count). The number of thioether (sulfide) groups is 1. The Kier molecular flexibility index (Phi) is 4.45. The zero-order valence-corrected chi connectivity index (χ0v) is 12.4. The molecule has 0 fully saturated rings. The molecule has 0 unspecified atom stereocenters. The molecule has 1 amide bonds. The summed E-state index contributed by atoms with van der Waals surface area (Å²) in [7, 11) is 0. The summed E-state index contributed by atoms with van der Waals surface area (Å²) >= 11 is 3.19. The van der Waals surface area contributed by atoms with Gasteiger partial charge in [0.1, 0.15) is 0 Å². The molecule has 1 aromatic heterocycles. The van der Waals surface area contributed by atoms with Crippen LogP contribution in [0.3, 0.4) is 0 Å². The predicted octanol–water partition coefficient (Wildman–Crippen LogP) is 2.63. The Morgan fingerprint density at radius 3 is 3.16 bits per heavy atom. The fraction of sp³-hybridized carbons (Fsp3) is 0.417. The van der Waals surface area contributed by atoms with Crippen LogP contribution in [0, 0.1) is 18.3 Å². The van der Waals surface area contributed by atoms with Crippen molar-refractivity contribution in [1.29, 1.82) is 5.26 Å². The predicted molar refractivity (Wildman–Crippen MR) is 78.5 cm³/mol. The van der Waals surface area contributed by atoms with Gasteiger partial charge in [-0.1, -0.05) is 11.3 Å². The highest BCUT2D eigenvalue weighted by Gasteiger charge is 2.21. The van der Waals surface area contributed by atoms with Gasteiger partial charge in [0.15, 0.2) is 5.13 Å². The van der Waals surface area contributed by atoms with E-state index in [2.05, 4.69) is 26.7 Å². The average Bonchev–Trinajstić information content (AvgIpc) is 2.92. The van der Waals surface area contributed by atoms with Crippen LogP contribution in [-0.2, 0) is 4.79 Å². The van der Waals surface area contributed by atoms with E-state index in [4.69, 9.17) is 5.26 Å². The molecule has 7 heteroatoms. The second-order valence-electron chi connectivity index (χ2n) is 4.09. The third-order valence-corrected chi connectivity index (χ3v) is 4.52. The number of carbonyl (C=O) groups is 1. The molecular weight excluding hydrogens is 280 g/mol. The molecule has 0 saturated heterocycles. The van der Waals surface area contributed by atoms with E-state index >= 15 is 0 Å². The summed E-state index contributed by atoms with van der Waals surface area (Å²) in [6.07, 6.45) is 0.508. The van der Waals surface area contributed by atoms with Crippen molar-refractivity contribution in [2.45, 2.75) is 20.3 Å². The van der Waals surface area contributed by atoms with Gasteiger partial charge < -0.3 is 10.2 Å². The van der Waals surface area contributed by atoms with Crippen molar-refractivity contribution in [1.82, 2.24) is 9.88 Å². The van der Waals surface area contributed by atoms with Crippen molar-refractivity contribution >= 4 is 39.8 Å². The number of nitrogens with zero attached hydrogens (tertiary/aromatic N) is 3. The molecule has 0 aliphatic carbocycles. The fourth-order valence-corrected chi connectivity index (χ4v) is 3.83. The Hall–Kier alpha value is -1.52. The highest BCUT2D eigenvalue weighted by atomic mass is 32.2. The summed E-state index contributed by atoms with van der Waals surface area (Å²) in [5.74, 6) is 0.750. The topological polar surface area (TPSA) is 69.0 Å². The van der Waals surface area contributed by atoms with Crippen molar-refractivity contribution < 1.29 is 4.79 Å². The lowest BCUT2D eigenvalue weighted by atomic mass is 10.3. The standard InChI is InChI=1S/C12H14N4OS2/c1-8-11(19-12(14-8)15-9(2)17)10-6-18-7-16(10)5-3-4-13/h6H,3,5,7H2,1-2H3,(H,14,15,17). The van der Waals surface area contributed by atoms with Crippen LogP contribution >= 0.6 is 23.1 Å². The Bertz CT molecular complexity index is 559. The minimum atomic E-state index is -0.114. The number of aromatic nitrogens is 1. The lowest BCUT2D eigenvalue weighted by Gasteiger charge is -2.19. The van der Waals surface area contributed by atoms with Gasteiger partial charge in [-0.15, -0.1) is 11.8 Å². The van der Waals surface area contributed by atoms with E-state index in [9.17, 15) is 4.79 Å². The minimum absolute atomic E-state index is 0.114. The second kappa shape index (κ2) is 6.08. The number of nitriles is 1. The average molecular weight is 294 g/mol. The molecule has 19 heavy (non-hydrogen) atoms. The Morgan fingerprint density at radius 1 is 1.68 bits per heavy atom. The SMILES string of the molecule is CC(=O)Nc1nc(C)c(C2=CSCN2CCC#N)s1. The minimum Gasteiger partial charge on any atom is -0.359 e. The lowest BCUT2D eigenvalue weighted by Crippen LogP contribution is -2.19. The lowest BCUT2D eigenvalue weighted by molar-refractivity contribution is -0.114. The zero-order valence-electron chi connectivity index (χ0n) is 10.8. The molecule has 1 aliphatic heterocycles. The summed E-state index contributed by atoms with van der Waals surface area (Å²) < 4.78 is 0. The van der Waals surface area contributed by atoms with Crippen LogP contribution in [-0.4, -0.2) is 28.2 Å². The van der Waals surface area contributed by atoms with Crippen LogP contribution in [0.5, 0.6) is 0 Å². The zero-order chi connectivity index (χ0) is 13.8. The highest BCUT2D eigenvalue weighted by Crippen LogP contribution is 2.37. The number of amides is 1. The molecule has 0 spiro atoms. The number of thiazole rings is 1. The third kappa shape index (κ3) is 3.28. The van der Waals surface area contributed by atoms with Crippen molar-refractivity contribution in [3.63, 3.8) is 0 Å². The number of anilines is 1. The Morgan fingerprint density at radius 2 is 2.47 bits per heavy atom. The molecule has 2 heterocycles. The number of hydrogen-bond donors (Lipinski definition) is 1. The number of nitrogens with one attached hydrogen (secondary N) is 1. The molecule has 1 aromatic rings. The van der Waals surface area contributed by atoms with E-state index in [1.54, 1.807) is 11.8 Å². The Labute approximate surface area is 120 Å². The van der Waals surface area contributed by atoms with Gasteiger partial charge in [-0.3, -0.25) is 4.79 Å². The van der Waals surface area contributed by atoms with E-state index < -0.39 is 0 Å². The fourth-order valence-electron chi connectivity index (χ4n) is 1.76. The first-order chi connectivity index (χ1) is 9.11. The largest absolute Gasteiger partial charge is 0.359 e. The maximum absolute atomic E-state index is 11.1. The molecule has 100 valence electrons. The van der Waals surface area contributed by atoms with Crippen molar-refractivity contribution in [2.24, 2.45) is 0 Å². The summed E-state index contributed by atoms with van der Waals surface area (Å²) in [5, 5.41) is 14.1. The molecule has 0 bridgehead atoms. The quantitative estimate of drug-likeness (QED) is 0.924. The molecule has 5 nitrogen and oxygen atoms in total. The monoisotopic (exact) mass is 294 g/mol. The highest BCUT2D eigenvalue weighted by molar-refractivity contribution is 8.02. The van der Waals surface area contributed by atoms with E-state index in [0.717, 1.165) is 28.7 Å². The van der Waals surface area contributed by atoms with Crippen LogP contribution < -0.4 is 5.32 Å². The van der Waals surface area contributed by atoms with E-state index in [1.165, 1.54) is 18.3 Å². The van der Waals surface area contributed by atoms with Gasteiger partial charge in [0.2, 0.25) is 5.91 Å². The van der Waals surface area contributed by atoms with Crippen LogP contribution in [0.4, 0.5) is 5.13 Å². The maximum Gasteiger partial charge on any atom is 0.223 e. The summed E-state index contributed by atoms with van der Waals surface area (Å²) in [4.78, 5) is 18.6. The van der Waals surface area contributed by atoms with Crippen LogP contribution in [0.25, 0.3) is 5.70 Å². The summed E-state index contributed by atoms with van der Waals surface area (Å²) in [6, 6.07) is 2.17. The number of aryl methyl sites for hydroxylation is 1. The maximum atomic E-state index is 11.1. The van der Waals surface area contributed by atoms with Gasteiger partial charge in [0, 0.05) is 13.5 Å². The smallest absolute Gasteiger partial charge is 0.223 e. The molecule has 0 saturated carbocycles. The van der Waals surface area contributed by atoms with Gasteiger partial charge in [-0.25, -0.2) is 4.98 Å². The first-order valence-corrected chi connectivity index (χ1v) is 7.67. The first-order valence-electron chi connectivity index (χ1n) is 5.81. The van der Waals surface area contributed by atoms with Gasteiger partial charge in [0.05, 0.1) is 34.6 Å². The molecule has 0 aromatic carbocycles. The normalized spacial score (nSPS) is 14.2. The van der Waals surface area contributed by atoms with Crippen molar-refractivity contribution in [3.8, 4) is 6.07 Å². The first kappa shape index (κ1) is 13.9. The summed E-state index contributed by atoms with van der Waals surface area (Å²) in [5.41, 5.74) is 2.01. The molecule has 1 N–H and O–H groups in total. The van der Waals surface area contributed by atoms with Gasteiger partial charge in [-0.2, -0.15) is 5.26 Å². The number of rotatable bonds is 4. The molecule has 1 aliphatic rings. The van der Waals surface area contributed by atoms with Crippen molar-refractivity contribution in [3.05, 3.63) is 16.0 Å². The number of carbonyl (C=O) groups excluding carboxylic acids is 1.